The monoisotopic (exact) mass is 261 g/mol. The van der Waals surface area contributed by atoms with E-state index in [0.29, 0.717) is 17.0 Å². The van der Waals surface area contributed by atoms with Crippen molar-refractivity contribution in [2.75, 3.05) is 7.11 Å². The molecule has 0 aliphatic rings. The van der Waals surface area contributed by atoms with Crippen molar-refractivity contribution < 1.29 is 9.13 Å². The van der Waals surface area contributed by atoms with Crippen LogP contribution in [-0.2, 0) is 0 Å². The Kier molecular flexibility index (Phi) is 3.35. The third kappa shape index (κ3) is 2.21. The third-order valence-electron chi connectivity index (χ3n) is 2.33. The average molecular weight is 261 g/mol. The highest BCUT2D eigenvalue weighted by molar-refractivity contribution is 7.71. The Labute approximate surface area is 108 Å². The quantitative estimate of drug-likeness (QED) is 0.844. The van der Waals surface area contributed by atoms with Crippen LogP contribution in [0, 0.1) is 21.8 Å². The molecule has 0 unspecified atom stereocenters. The summed E-state index contributed by atoms with van der Waals surface area (Å²) in [6.45, 7) is 0. The van der Waals surface area contributed by atoms with Crippen LogP contribution in [0.3, 0.4) is 0 Å². The second kappa shape index (κ2) is 4.94. The smallest absolute Gasteiger partial charge is 0.179 e. The van der Waals surface area contributed by atoms with E-state index in [9.17, 15) is 4.39 Å². The van der Waals surface area contributed by atoms with Crippen LogP contribution in [0.2, 0.25) is 0 Å². The molecule has 1 aromatic carbocycles. The van der Waals surface area contributed by atoms with Gasteiger partial charge in [0.25, 0.3) is 0 Å². The number of nitrogens with one attached hydrogen (secondary N) is 1. The van der Waals surface area contributed by atoms with Crippen LogP contribution in [0.4, 0.5) is 4.39 Å². The summed E-state index contributed by atoms with van der Waals surface area (Å²) < 4.78 is 18.8. The number of halogens is 1. The van der Waals surface area contributed by atoms with Gasteiger partial charge in [0.05, 0.1) is 30.8 Å². The van der Waals surface area contributed by atoms with Crippen molar-refractivity contribution in [3.63, 3.8) is 0 Å². The Bertz CT molecular complexity index is 690. The summed E-state index contributed by atoms with van der Waals surface area (Å²) in [7, 11) is 1.45. The summed E-state index contributed by atoms with van der Waals surface area (Å²) in [5.74, 6) is -0.149. The Hall–Kier alpha value is -2.26. The first-order chi connectivity index (χ1) is 8.65. The van der Waals surface area contributed by atoms with Gasteiger partial charge in [-0.2, -0.15) is 5.26 Å². The van der Waals surface area contributed by atoms with Crippen LogP contribution in [0.15, 0.2) is 24.5 Å². The normalized spacial score (nSPS) is 9.83. The lowest BCUT2D eigenvalue weighted by molar-refractivity contribution is 0.410. The predicted molar refractivity (Wildman–Crippen MR) is 66.1 cm³/mol. The molecule has 18 heavy (non-hydrogen) atoms. The molecule has 1 aromatic heterocycles. The number of nitrogens with zero attached hydrogens (tertiary/aromatic N) is 2. The minimum atomic E-state index is -0.498. The second-order valence-corrected chi connectivity index (χ2v) is 3.84. The molecule has 1 N–H and O–H groups in total. The fourth-order valence-corrected chi connectivity index (χ4v) is 1.83. The summed E-state index contributed by atoms with van der Waals surface area (Å²) in [4.78, 5) is 6.72. The van der Waals surface area contributed by atoms with Gasteiger partial charge in [-0.3, -0.25) is 0 Å². The Morgan fingerprint density at radius 1 is 1.44 bits per heavy atom. The summed E-state index contributed by atoms with van der Waals surface area (Å²) in [5, 5.41) is 8.82. The first-order valence-corrected chi connectivity index (χ1v) is 5.39. The number of hydrogen-bond acceptors (Lipinski definition) is 4. The van der Waals surface area contributed by atoms with Crippen molar-refractivity contribution >= 4 is 12.2 Å². The summed E-state index contributed by atoms with van der Waals surface area (Å²) in [6, 6.07) is 5.90. The number of nitriles is 1. The lowest BCUT2D eigenvalue weighted by Crippen LogP contribution is -1.95. The SMILES string of the molecule is COc1c(-c2cc(F)cc(C#N)c2)[nH]cnc1=S. The molecule has 0 amide bonds. The van der Waals surface area contributed by atoms with Crippen molar-refractivity contribution in [3.05, 3.63) is 40.5 Å². The largest absolute Gasteiger partial charge is 0.491 e. The van der Waals surface area contributed by atoms with Gasteiger partial charge in [0.2, 0.25) is 0 Å². The maximum Gasteiger partial charge on any atom is 0.179 e. The fourth-order valence-electron chi connectivity index (χ4n) is 1.59. The Balaban J connectivity index is 2.70. The topological polar surface area (TPSA) is 61.7 Å². The molecule has 0 saturated carbocycles. The molecule has 90 valence electrons. The van der Waals surface area contributed by atoms with Crippen LogP contribution in [-0.4, -0.2) is 17.1 Å². The molecule has 0 radical (unpaired) electrons. The van der Waals surface area contributed by atoms with E-state index in [4.69, 9.17) is 22.2 Å². The lowest BCUT2D eigenvalue weighted by Gasteiger charge is -2.08. The number of benzene rings is 1. The highest BCUT2D eigenvalue weighted by Gasteiger charge is 2.10. The summed E-state index contributed by atoms with van der Waals surface area (Å²) in [6.07, 6.45) is 1.40. The molecule has 2 rings (SSSR count). The van der Waals surface area contributed by atoms with E-state index in [2.05, 4.69) is 9.97 Å². The minimum Gasteiger partial charge on any atom is -0.491 e. The summed E-state index contributed by atoms with van der Waals surface area (Å²) in [5.41, 5.74) is 1.20. The minimum absolute atomic E-state index is 0.225. The zero-order chi connectivity index (χ0) is 13.1. The molecule has 6 heteroatoms. The molecule has 0 spiro atoms. The number of H-pyrrole nitrogens is 1. The van der Waals surface area contributed by atoms with E-state index in [1.54, 1.807) is 6.07 Å². The van der Waals surface area contributed by atoms with Crippen LogP contribution >= 0.6 is 12.2 Å². The summed E-state index contributed by atoms with van der Waals surface area (Å²) >= 11 is 5.02. The molecular formula is C12H8FN3OS. The number of ether oxygens (including phenoxy) is 1. The molecule has 2 aromatic rings. The van der Waals surface area contributed by atoms with E-state index in [-0.39, 0.29) is 10.2 Å². The van der Waals surface area contributed by atoms with Gasteiger partial charge in [-0.1, -0.05) is 12.2 Å². The second-order valence-electron chi connectivity index (χ2n) is 3.46. The van der Waals surface area contributed by atoms with Gasteiger partial charge in [-0.25, -0.2) is 9.37 Å². The van der Waals surface area contributed by atoms with Gasteiger partial charge in [-0.05, 0) is 18.2 Å². The molecular weight excluding hydrogens is 253 g/mol. The predicted octanol–water partition coefficient (Wildman–Crippen LogP) is 2.83. The molecule has 0 atom stereocenters. The van der Waals surface area contributed by atoms with E-state index < -0.39 is 5.82 Å². The van der Waals surface area contributed by atoms with Crippen molar-refractivity contribution in [2.24, 2.45) is 0 Å². The van der Waals surface area contributed by atoms with Crippen molar-refractivity contribution in [3.8, 4) is 23.1 Å². The number of rotatable bonds is 2. The first-order valence-electron chi connectivity index (χ1n) is 4.98. The number of aromatic amines is 1. The lowest BCUT2D eigenvalue weighted by atomic mass is 10.1. The molecule has 0 saturated heterocycles. The van der Waals surface area contributed by atoms with Crippen molar-refractivity contribution in [1.82, 2.24) is 9.97 Å². The fraction of sp³-hybridized carbons (Fsp3) is 0.0833. The van der Waals surface area contributed by atoms with E-state index in [1.165, 1.54) is 19.5 Å². The van der Waals surface area contributed by atoms with E-state index in [0.717, 1.165) is 6.07 Å². The molecule has 0 aliphatic heterocycles. The highest BCUT2D eigenvalue weighted by atomic mass is 32.1. The van der Waals surface area contributed by atoms with E-state index >= 15 is 0 Å². The van der Waals surface area contributed by atoms with Crippen LogP contribution in [0.1, 0.15) is 5.56 Å². The third-order valence-corrected chi connectivity index (χ3v) is 2.62. The van der Waals surface area contributed by atoms with Gasteiger partial charge >= 0.3 is 0 Å². The van der Waals surface area contributed by atoms with Crippen molar-refractivity contribution in [2.45, 2.75) is 0 Å². The Morgan fingerprint density at radius 3 is 2.89 bits per heavy atom. The highest BCUT2D eigenvalue weighted by Crippen LogP contribution is 2.28. The van der Waals surface area contributed by atoms with Gasteiger partial charge in [-0.15, -0.1) is 0 Å². The average Bonchev–Trinajstić information content (AvgIpc) is 2.37. The van der Waals surface area contributed by atoms with Gasteiger partial charge < -0.3 is 9.72 Å². The maximum atomic E-state index is 13.4. The maximum absolute atomic E-state index is 13.4. The molecule has 4 nitrogen and oxygen atoms in total. The Morgan fingerprint density at radius 2 is 2.22 bits per heavy atom. The standard InChI is InChI=1S/C12H8FN3OS/c1-17-11-10(15-6-16-12(11)18)8-2-7(5-14)3-9(13)4-8/h2-4,6H,1H3,(H,15,16,18). The van der Waals surface area contributed by atoms with Crippen LogP contribution < -0.4 is 4.74 Å². The van der Waals surface area contributed by atoms with Crippen molar-refractivity contribution in [1.29, 1.82) is 5.26 Å². The molecule has 0 bridgehead atoms. The van der Waals surface area contributed by atoms with Gasteiger partial charge in [0.1, 0.15) is 5.82 Å². The first kappa shape index (κ1) is 12.2. The molecule has 0 aliphatic carbocycles. The van der Waals surface area contributed by atoms with Crippen LogP contribution in [0.5, 0.6) is 5.75 Å². The molecule has 0 fully saturated rings. The number of methoxy groups -OCH3 is 1. The number of aromatic nitrogens is 2. The molecule has 1 heterocycles. The number of hydrogen-bond donors (Lipinski definition) is 1. The van der Waals surface area contributed by atoms with Crippen LogP contribution in [0.25, 0.3) is 11.3 Å². The zero-order valence-electron chi connectivity index (χ0n) is 9.40. The zero-order valence-corrected chi connectivity index (χ0v) is 10.2. The van der Waals surface area contributed by atoms with E-state index in [1.807, 2.05) is 6.07 Å². The van der Waals surface area contributed by atoms with Gasteiger partial charge in [0.15, 0.2) is 10.4 Å². The van der Waals surface area contributed by atoms with Gasteiger partial charge in [0, 0.05) is 5.56 Å².